The van der Waals surface area contributed by atoms with Gasteiger partial charge in [-0.3, -0.25) is 4.79 Å². The van der Waals surface area contributed by atoms with E-state index >= 15 is 0 Å². The largest absolute Gasteiger partial charge is 0.369 e. The Kier molecular flexibility index (Phi) is 3.06. The highest BCUT2D eigenvalue weighted by Crippen LogP contribution is 2.27. The van der Waals surface area contributed by atoms with E-state index in [-0.39, 0.29) is 6.04 Å². The third-order valence-electron chi connectivity index (χ3n) is 2.64. The van der Waals surface area contributed by atoms with Crippen LogP contribution in [0.2, 0.25) is 0 Å². The Balaban J connectivity index is 2.63. The maximum Gasteiger partial charge on any atom is 0.152 e. The summed E-state index contributed by atoms with van der Waals surface area (Å²) < 4.78 is 0. The van der Waals surface area contributed by atoms with Crippen molar-refractivity contribution in [2.75, 3.05) is 5.32 Å². The zero-order valence-corrected chi connectivity index (χ0v) is 9.47. The second-order valence-corrected chi connectivity index (χ2v) is 3.86. The van der Waals surface area contributed by atoms with Crippen molar-refractivity contribution in [1.82, 2.24) is 0 Å². The minimum absolute atomic E-state index is 0.334. The molecule has 0 heterocycles. The van der Waals surface area contributed by atoms with Crippen LogP contribution in [0.4, 0.5) is 5.69 Å². The Morgan fingerprint density at radius 2 is 2.06 bits per heavy atom. The van der Waals surface area contributed by atoms with Crippen molar-refractivity contribution >= 4 is 22.7 Å². The summed E-state index contributed by atoms with van der Waals surface area (Å²) in [5.41, 5.74) is 1.30. The molecule has 2 rings (SSSR count). The van der Waals surface area contributed by atoms with Crippen LogP contribution in [0, 0.1) is 11.3 Å². The van der Waals surface area contributed by atoms with Gasteiger partial charge in [-0.1, -0.05) is 30.3 Å². The summed E-state index contributed by atoms with van der Waals surface area (Å²) in [6, 6.07) is 13.2. The summed E-state index contributed by atoms with van der Waals surface area (Å²) in [5, 5.41) is 13.9. The van der Waals surface area contributed by atoms with Crippen LogP contribution in [0.5, 0.6) is 0 Å². The number of fused-ring (bicyclic) bond motifs is 1. The zero-order chi connectivity index (χ0) is 12.3. The number of nitrogens with zero attached hydrogens (tertiary/aromatic N) is 1. The fraction of sp³-hybridized carbons (Fsp3) is 0.143. The van der Waals surface area contributed by atoms with Gasteiger partial charge in [0.15, 0.2) is 6.29 Å². The Bertz CT molecular complexity index is 599. The molecule has 0 saturated heterocycles. The fourth-order valence-electron chi connectivity index (χ4n) is 1.80. The lowest BCUT2D eigenvalue weighted by Crippen LogP contribution is -2.13. The second kappa shape index (κ2) is 4.67. The Morgan fingerprint density at radius 1 is 1.29 bits per heavy atom. The number of aldehydes is 1. The molecule has 0 amide bonds. The molecule has 0 aliphatic rings. The van der Waals surface area contributed by atoms with Crippen molar-refractivity contribution in [3.05, 3.63) is 42.0 Å². The Labute approximate surface area is 99.7 Å². The van der Waals surface area contributed by atoms with Gasteiger partial charge in [-0.05, 0) is 18.4 Å². The molecule has 0 aliphatic heterocycles. The first-order valence-electron chi connectivity index (χ1n) is 5.39. The van der Waals surface area contributed by atoms with E-state index in [1.54, 1.807) is 13.0 Å². The number of nitrogens with one attached hydrogen (secondary N) is 1. The van der Waals surface area contributed by atoms with Crippen molar-refractivity contribution in [1.29, 1.82) is 5.26 Å². The number of carbonyl (C=O) groups is 1. The molecule has 0 bridgehead atoms. The quantitative estimate of drug-likeness (QED) is 0.815. The van der Waals surface area contributed by atoms with Crippen LogP contribution < -0.4 is 5.32 Å². The first-order chi connectivity index (χ1) is 8.26. The summed E-state index contributed by atoms with van der Waals surface area (Å²) in [5.74, 6) is 0. The first-order valence-corrected chi connectivity index (χ1v) is 5.39. The van der Waals surface area contributed by atoms with Gasteiger partial charge in [0.2, 0.25) is 0 Å². The average molecular weight is 224 g/mol. The number of benzene rings is 2. The Hall–Kier alpha value is -2.34. The van der Waals surface area contributed by atoms with Crippen molar-refractivity contribution in [3.63, 3.8) is 0 Å². The summed E-state index contributed by atoms with van der Waals surface area (Å²) in [4.78, 5) is 11.0. The predicted molar refractivity (Wildman–Crippen MR) is 68.0 cm³/mol. The molecule has 1 atom stereocenters. The van der Waals surface area contributed by atoms with E-state index in [1.165, 1.54) is 0 Å². The van der Waals surface area contributed by atoms with Crippen molar-refractivity contribution in [3.8, 4) is 6.07 Å². The van der Waals surface area contributed by atoms with E-state index in [4.69, 9.17) is 5.26 Å². The van der Waals surface area contributed by atoms with E-state index < -0.39 is 0 Å². The monoisotopic (exact) mass is 224 g/mol. The number of anilines is 1. The van der Waals surface area contributed by atoms with Crippen LogP contribution in [0.15, 0.2) is 36.4 Å². The lowest BCUT2D eigenvalue weighted by molar-refractivity contribution is 0.112. The van der Waals surface area contributed by atoms with E-state index in [0.717, 1.165) is 22.7 Å². The molecule has 0 radical (unpaired) electrons. The molecule has 84 valence electrons. The van der Waals surface area contributed by atoms with Crippen molar-refractivity contribution in [2.45, 2.75) is 13.0 Å². The van der Waals surface area contributed by atoms with Gasteiger partial charge in [0.1, 0.15) is 6.04 Å². The van der Waals surface area contributed by atoms with Gasteiger partial charge in [-0.15, -0.1) is 0 Å². The Morgan fingerprint density at radius 3 is 2.76 bits per heavy atom. The van der Waals surface area contributed by atoms with E-state index in [0.29, 0.717) is 5.56 Å². The molecule has 0 spiro atoms. The normalized spacial score (nSPS) is 11.8. The standard InChI is InChI=1S/C14H12N2O/c1-10(8-15)16-14-12(9-17)7-6-11-4-2-3-5-13(11)14/h2-7,9-10,16H,1H3. The number of nitriles is 1. The molecule has 1 unspecified atom stereocenters. The molecule has 3 heteroatoms. The summed E-state index contributed by atoms with van der Waals surface area (Å²) in [7, 11) is 0. The van der Waals surface area contributed by atoms with Gasteiger partial charge < -0.3 is 5.32 Å². The van der Waals surface area contributed by atoms with Crippen LogP contribution >= 0.6 is 0 Å². The fourth-order valence-corrected chi connectivity index (χ4v) is 1.80. The number of carbonyl (C=O) groups excluding carboxylic acids is 1. The van der Waals surface area contributed by atoms with Crippen LogP contribution in [0.1, 0.15) is 17.3 Å². The van der Waals surface area contributed by atoms with Gasteiger partial charge in [0, 0.05) is 10.9 Å². The lowest BCUT2D eigenvalue weighted by Gasteiger charge is -2.13. The second-order valence-electron chi connectivity index (χ2n) is 3.86. The van der Waals surface area contributed by atoms with Crippen LogP contribution in [0.25, 0.3) is 10.8 Å². The minimum atomic E-state index is -0.334. The number of hydrogen-bond donors (Lipinski definition) is 1. The van der Waals surface area contributed by atoms with Gasteiger partial charge in [0.05, 0.1) is 11.8 Å². The smallest absolute Gasteiger partial charge is 0.152 e. The third kappa shape index (κ3) is 2.11. The number of hydrogen-bond acceptors (Lipinski definition) is 3. The topological polar surface area (TPSA) is 52.9 Å². The van der Waals surface area contributed by atoms with Crippen molar-refractivity contribution in [2.24, 2.45) is 0 Å². The highest BCUT2D eigenvalue weighted by Gasteiger charge is 2.09. The molecule has 2 aromatic carbocycles. The van der Waals surface area contributed by atoms with E-state index in [1.807, 2.05) is 30.3 Å². The van der Waals surface area contributed by atoms with Crippen LogP contribution in [0.3, 0.4) is 0 Å². The summed E-state index contributed by atoms with van der Waals surface area (Å²) in [6.45, 7) is 1.76. The highest BCUT2D eigenvalue weighted by atomic mass is 16.1. The molecular formula is C14H12N2O. The first kappa shape index (κ1) is 11.2. The molecule has 0 aromatic heterocycles. The summed E-state index contributed by atoms with van der Waals surface area (Å²) >= 11 is 0. The predicted octanol–water partition coefficient (Wildman–Crippen LogP) is 2.98. The highest BCUT2D eigenvalue weighted by molar-refractivity contribution is 6.02. The maximum atomic E-state index is 11.0. The molecule has 3 nitrogen and oxygen atoms in total. The van der Waals surface area contributed by atoms with Crippen LogP contribution in [-0.2, 0) is 0 Å². The molecule has 2 aromatic rings. The molecular weight excluding hydrogens is 212 g/mol. The molecule has 17 heavy (non-hydrogen) atoms. The third-order valence-corrected chi connectivity index (χ3v) is 2.64. The van der Waals surface area contributed by atoms with Gasteiger partial charge >= 0.3 is 0 Å². The molecule has 1 N–H and O–H groups in total. The average Bonchev–Trinajstić information content (AvgIpc) is 2.39. The van der Waals surface area contributed by atoms with Gasteiger partial charge in [-0.2, -0.15) is 5.26 Å². The van der Waals surface area contributed by atoms with Gasteiger partial charge in [0.25, 0.3) is 0 Å². The SMILES string of the molecule is CC(C#N)Nc1c(C=O)ccc2ccccc12. The molecule has 0 saturated carbocycles. The minimum Gasteiger partial charge on any atom is -0.369 e. The molecule has 0 aliphatic carbocycles. The maximum absolute atomic E-state index is 11.0. The van der Waals surface area contributed by atoms with E-state index in [9.17, 15) is 4.79 Å². The van der Waals surface area contributed by atoms with Crippen molar-refractivity contribution < 1.29 is 4.79 Å². The van der Waals surface area contributed by atoms with E-state index in [2.05, 4.69) is 11.4 Å². The number of rotatable bonds is 3. The molecule has 0 fully saturated rings. The lowest BCUT2D eigenvalue weighted by atomic mass is 10.0. The van der Waals surface area contributed by atoms with Crippen LogP contribution in [-0.4, -0.2) is 12.3 Å². The zero-order valence-electron chi connectivity index (χ0n) is 9.47. The summed E-state index contributed by atoms with van der Waals surface area (Å²) in [6.07, 6.45) is 0.804. The van der Waals surface area contributed by atoms with Gasteiger partial charge in [-0.25, -0.2) is 0 Å².